The van der Waals surface area contributed by atoms with Crippen LogP contribution in [0.1, 0.15) is 26.4 Å². The van der Waals surface area contributed by atoms with E-state index in [2.05, 4.69) is 10.4 Å². The number of ether oxygens (including phenoxy) is 1. The molecular formula is C21H16F6N4O3. The van der Waals surface area contributed by atoms with Gasteiger partial charge in [0.25, 0.3) is 11.8 Å². The fraction of sp³-hybridized carbons (Fsp3) is 0.190. The second-order valence-corrected chi connectivity index (χ2v) is 6.84. The average Bonchev–Trinajstić information content (AvgIpc) is 3.22. The van der Waals surface area contributed by atoms with Gasteiger partial charge in [0.05, 0.1) is 35.8 Å². The lowest BCUT2D eigenvalue weighted by molar-refractivity contribution is -0.137. The minimum Gasteiger partial charge on any atom is -0.493 e. The zero-order valence-corrected chi connectivity index (χ0v) is 17.3. The van der Waals surface area contributed by atoms with Gasteiger partial charge in [-0.05, 0) is 30.3 Å². The highest BCUT2D eigenvalue weighted by atomic mass is 19.4. The standard InChI is InChI=1S/C21H16F6N4O3/c1-34-16-10-31(13-6-4-5-12(9-13)21(25,26)27)30-17(16)19(33)29-15-8-3-2-7-14(15)18(32)28-11-20(22,23)24/h2-10H,11H2,1H3,(H,28,32)(H,29,33). The van der Waals surface area contributed by atoms with E-state index in [1.807, 2.05) is 0 Å². The van der Waals surface area contributed by atoms with Gasteiger partial charge in [0.1, 0.15) is 6.54 Å². The van der Waals surface area contributed by atoms with Crippen LogP contribution in [-0.4, -0.2) is 41.4 Å². The molecule has 0 unspecified atom stereocenters. The smallest absolute Gasteiger partial charge is 0.416 e. The van der Waals surface area contributed by atoms with Crippen LogP contribution in [0.2, 0.25) is 0 Å². The van der Waals surface area contributed by atoms with E-state index >= 15 is 0 Å². The Hall–Kier alpha value is -4.03. The zero-order valence-electron chi connectivity index (χ0n) is 17.3. The molecule has 180 valence electrons. The number of carbonyl (C=O) groups is 2. The summed E-state index contributed by atoms with van der Waals surface area (Å²) < 4.78 is 82.4. The number of methoxy groups -OCH3 is 1. The number of alkyl halides is 6. The molecule has 0 radical (unpaired) electrons. The topological polar surface area (TPSA) is 85.2 Å². The van der Waals surface area contributed by atoms with Crippen LogP contribution in [0.4, 0.5) is 32.0 Å². The molecule has 34 heavy (non-hydrogen) atoms. The number of hydrogen-bond donors (Lipinski definition) is 2. The van der Waals surface area contributed by atoms with Crippen LogP contribution in [-0.2, 0) is 6.18 Å². The molecule has 7 nitrogen and oxygen atoms in total. The highest BCUT2D eigenvalue weighted by molar-refractivity contribution is 6.09. The Labute approximate surface area is 188 Å². The summed E-state index contributed by atoms with van der Waals surface area (Å²) >= 11 is 0. The molecule has 0 saturated carbocycles. The number of amides is 2. The van der Waals surface area contributed by atoms with Crippen molar-refractivity contribution in [2.45, 2.75) is 12.4 Å². The van der Waals surface area contributed by atoms with Crippen molar-refractivity contribution in [2.24, 2.45) is 0 Å². The SMILES string of the molecule is COc1cn(-c2cccc(C(F)(F)F)c2)nc1C(=O)Nc1ccccc1C(=O)NCC(F)(F)F. The van der Waals surface area contributed by atoms with Crippen LogP contribution in [0, 0.1) is 0 Å². The maximum absolute atomic E-state index is 13.0. The second-order valence-electron chi connectivity index (χ2n) is 6.84. The van der Waals surface area contributed by atoms with Gasteiger partial charge < -0.3 is 15.4 Å². The third-order valence-corrected chi connectivity index (χ3v) is 4.42. The van der Waals surface area contributed by atoms with Crippen LogP contribution >= 0.6 is 0 Å². The van der Waals surface area contributed by atoms with Crippen molar-refractivity contribution in [1.29, 1.82) is 0 Å². The molecule has 3 aromatic rings. The zero-order chi connectivity index (χ0) is 25.1. The van der Waals surface area contributed by atoms with Gasteiger partial charge in [-0.2, -0.15) is 31.4 Å². The number of anilines is 1. The molecule has 13 heteroatoms. The minimum atomic E-state index is -4.63. The number of nitrogens with zero attached hydrogens (tertiary/aromatic N) is 2. The summed E-state index contributed by atoms with van der Waals surface area (Å²) in [5.74, 6) is -2.07. The van der Waals surface area contributed by atoms with Gasteiger partial charge in [-0.25, -0.2) is 4.68 Å². The number of carbonyl (C=O) groups excluding carboxylic acids is 2. The van der Waals surface area contributed by atoms with Crippen molar-refractivity contribution in [3.63, 3.8) is 0 Å². The molecule has 2 aromatic carbocycles. The molecule has 2 amide bonds. The first kappa shape index (κ1) is 24.6. The predicted molar refractivity (Wildman–Crippen MR) is 108 cm³/mol. The van der Waals surface area contributed by atoms with Gasteiger partial charge in [0.2, 0.25) is 0 Å². The van der Waals surface area contributed by atoms with E-state index < -0.39 is 36.3 Å². The molecule has 0 bridgehead atoms. The molecule has 2 N–H and O–H groups in total. The molecule has 3 rings (SSSR count). The molecule has 0 aliphatic heterocycles. The Morgan fingerprint density at radius 3 is 2.35 bits per heavy atom. The molecule has 0 aliphatic rings. The van der Waals surface area contributed by atoms with Crippen LogP contribution in [0.3, 0.4) is 0 Å². The fourth-order valence-electron chi connectivity index (χ4n) is 2.87. The van der Waals surface area contributed by atoms with E-state index in [9.17, 15) is 35.9 Å². The summed E-state index contributed by atoms with van der Waals surface area (Å²) in [6.45, 7) is -1.57. The van der Waals surface area contributed by atoms with Crippen LogP contribution < -0.4 is 15.4 Å². The Morgan fingerprint density at radius 1 is 1.00 bits per heavy atom. The van der Waals surface area contributed by atoms with Crippen LogP contribution in [0.25, 0.3) is 5.69 Å². The van der Waals surface area contributed by atoms with E-state index in [-0.39, 0.29) is 28.4 Å². The average molecular weight is 486 g/mol. The summed E-state index contributed by atoms with van der Waals surface area (Å²) in [5.41, 5.74) is -1.60. The van der Waals surface area contributed by atoms with Gasteiger partial charge in [0, 0.05) is 0 Å². The molecule has 1 heterocycles. The van der Waals surface area contributed by atoms with E-state index in [0.717, 1.165) is 16.8 Å². The molecule has 1 aromatic heterocycles. The lowest BCUT2D eigenvalue weighted by Crippen LogP contribution is -2.34. The number of nitrogens with one attached hydrogen (secondary N) is 2. The molecule has 0 aliphatic carbocycles. The number of para-hydroxylation sites is 1. The van der Waals surface area contributed by atoms with Crippen molar-refractivity contribution in [3.8, 4) is 11.4 Å². The highest BCUT2D eigenvalue weighted by Crippen LogP contribution is 2.31. The maximum atomic E-state index is 13.0. The Morgan fingerprint density at radius 2 is 1.71 bits per heavy atom. The summed E-state index contributed by atoms with van der Waals surface area (Å²) in [6, 6.07) is 9.53. The van der Waals surface area contributed by atoms with Gasteiger partial charge in [0.15, 0.2) is 11.4 Å². The molecular weight excluding hydrogens is 470 g/mol. The van der Waals surface area contributed by atoms with Gasteiger partial charge >= 0.3 is 12.4 Å². The molecule has 0 saturated heterocycles. The number of rotatable bonds is 6. The quantitative estimate of drug-likeness (QED) is 0.505. The molecule has 0 atom stereocenters. The van der Waals surface area contributed by atoms with Gasteiger partial charge in [-0.1, -0.05) is 18.2 Å². The first-order valence-electron chi connectivity index (χ1n) is 9.45. The van der Waals surface area contributed by atoms with E-state index in [0.29, 0.717) is 0 Å². The lowest BCUT2D eigenvalue weighted by atomic mass is 10.1. The normalized spacial score (nSPS) is 11.7. The largest absolute Gasteiger partial charge is 0.493 e. The third kappa shape index (κ3) is 5.85. The number of benzene rings is 2. The Balaban J connectivity index is 1.87. The first-order valence-corrected chi connectivity index (χ1v) is 9.45. The summed E-state index contributed by atoms with van der Waals surface area (Å²) in [4.78, 5) is 25.0. The Bertz CT molecular complexity index is 1200. The van der Waals surface area contributed by atoms with Crippen molar-refractivity contribution in [1.82, 2.24) is 15.1 Å². The number of hydrogen-bond acceptors (Lipinski definition) is 4. The predicted octanol–water partition coefficient (Wildman–Crippen LogP) is 4.44. The van der Waals surface area contributed by atoms with Gasteiger partial charge in [-0.3, -0.25) is 9.59 Å². The molecule has 0 spiro atoms. The summed E-state index contributed by atoms with van der Waals surface area (Å²) in [6.07, 6.45) is -8.03. The van der Waals surface area contributed by atoms with Crippen molar-refractivity contribution in [3.05, 3.63) is 71.5 Å². The Kier molecular flexibility index (Phi) is 6.84. The molecule has 0 fully saturated rings. The lowest BCUT2D eigenvalue weighted by Gasteiger charge is -2.12. The minimum absolute atomic E-state index is 0.000830. The first-order chi connectivity index (χ1) is 15.9. The van der Waals surface area contributed by atoms with E-state index in [1.165, 1.54) is 49.7 Å². The van der Waals surface area contributed by atoms with Crippen molar-refractivity contribution in [2.75, 3.05) is 19.0 Å². The highest BCUT2D eigenvalue weighted by Gasteiger charge is 2.31. The third-order valence-electron chi connectivity index (χ3n) is 4.42. The monoisotopic (exact) mass is 486 g/mol. The summed E-state index contributed by atoms with van der Waals surface area (Å²) in [5, 5.41) is 8.05. The van der Waals surface area contributed by atoms with Gasteiger partial charge in [-0.15, -0.1) is 0 Å². The van der Waals surface area contributed by atoms with Crippen molar-refractivity contribution < 1.29 is 40.7 Å². The second kappa shape index (κ2) is 9.45. The number of aromatic nitrogens is 2. The van der Waals surface area contributed by atoms with Crippen LogP contribution in [0.15, 0.2) is 54.7 Å². The summed E-state index contributed by atoms with van der Waals surface area (Å²) in [7, 11) is 1.21. The van der Waals surface area contributed by atoms with E-state index in [4.69, 9.17) is 4.74 Å². The number of halogens is 6. The van der Waals surface area contributed by atoms with Crippen molar-refractivity contribution >= 4 is 17.5 Å². The maximum Gasteiger partial charge on any atom is 0.416 e. The van der Waals surface area contributed by atoms with E-state index in [1.54, 1.807) is 5.32 Å². The van der Waals surface area contributed by atoms with Crippen LogP contribution in [0.5, 0.6) is 5.75 Å². The fourth-order valence-corrected chi connectivity index (χ4v) is 2.87.